The van der Waals surface area contributed by atoms with E-state index in [1.54, 1.807) is 14.2 Å². The molecule has 0 heterocycles. The molecule has 1 N–H and O–H groups in total. The maximum Gasteiger partial charge on any atom is 0.206 e. The van der Waals surface area contributed by atoms with Crippen molar-refractivity contribution in [1.82, 2.24) is 5.32 Å². The topological polar surface area (TPSA) is 72.3 Å². The Hall–Kier alpha value is -3.15. The molecule has 0 saturated heterocycles. The Morgan fingerprint density at radius 1 is 1.07 bits per heavy atom. The number of benzene rings is 2. The molecule has 0 aromatic heterocycles. The van der Waals surface area contributed by atoms with Crippen LogP contribution in [0.4, 0.5) is 0 Å². The van der Waals surface area contributed by atoms with Gasteiger partial charge in [-0.05, 0) is 38.8 Å². The van der Waals surface area contributed by atoms with Gasteiger partial charge in [-0.2, -0.15) is 0 Å². The summed E-state index contributed by atoms with van der Waals surface area (Å²) in [7, 11) is 3.11. The highest BCUT2D eigenvalue weighted by atomic mass is 16.6. The summed E-state index contributed by atoms with van der Waals surface area (Å²) in [5, 5.41) is 10.5. The van der Waals surface area contributed by atoms with Crippen molar-refractivity contribution in [2.75, 3.05) is 14.2 Å². The van der Waals surface area contributed by atoms with Crippen molar-refractivity contribution < 1.29 is 14.5 Å². The predicted octanol–water partition coefficient (Wildman–Crippen LogP) is 3.98. The number of nitrogens with one attached hydrogen (secondary N) is 1. The Kier molecular flexibility index (Phi) is 10.0. The van der Waals surface area contributed by atoms with E-state index in [0.29, 0.717) is 13.0 Å². The Balaban J connectivity index is 0.000000892. The lowest BCUT2D eigenvalue weighted by atomic mass is 10.00. The number of carbonyl (C=O) groups excluding carboxylic acids is 1. The van der Waals surface area contributed by atoms with Gasteiger partial charge in [-0.25, -0.2) is 0 Å². The van der Waals surface area contributed by atoms with E-state index in [4.69, 9.17) is 14.5 Å². The van der Waals surface area contributed by atoms with E-state index in [0.717, 1.165) is 33.7 Å². The molecule has 0 atom stereocenters. The molecule has 0 radical (unpaired) electrons. The third kappa shape index (κ3) is 7.23. The van der Waals surface area contributed by atoms with Gasteiger partial charge in [0.05, 0.1) is 11.4 Å². The normalized spacial score (nSPS) is 11.2. The second-order valence-corrected chi connectivity index (χ2v) is 6.19. The van der Waals surface area contributed by atoms with Crippen LogP contribution >= 0.6 is 0 Å². The van der Waals surface area contributed by atoms with Crippen LogP contribution in [0.15, 0.2) is 52.8 Å². The number of oxime groups is 2. The lowest BCUT2D eigenvalue weighted by molar-refractivity contribution is -0.109. The Morgan fingerprint density at radius 3 is 2.36 bits per heavy atom. The Morgan fingerprint density at radius 2 is 1.75 bits per heavy atom. The van der Waals surface area contributed by atoms with Crippen LogP contribution in [0.25, 0.3) is 0 Å². The molecule has 2 aromatic rings. The van der Waals surface area contributed by atoms with Crippen molar-refractivity contribution in [3.63, 3.8) is 0 Å². The number of hydrogen-bond acceptors (Lipinski definition) is 5. The molecule has 0 aliphatic carbocycles. The third-order valence-electron chi connectivity index (χ3n) is 3.99. The molecule has 0 bridgehead atoms. The van der Waals surface area contributed by atoms with Crippen molar-refractivity contribution >= 4 is 17.8 Å². The fourth-order valence-electron chi connectivity index (χ4n) is 2.54. The van der Waals surface area contributed by atoms with Crippen LogP contribution in [0.2, 0.25) is 0 Å². The molecule has 0 unspecified atom stereocenters. The highest BCUT2D eigenvalue weighted by Gasteiger charge is 2.09. The summed E-state index contributed by atoms with van der Waals surface area (Å²) in [6.45, 7) is 8.38. The van der Waals surface area contributed by atoms with Gasteiger partial charge in [0.25, 0.3) is 0 Å². The second-order valence-electron chi connectivity index (χ2n) is 6.19. The smallest absolute Gasteiger partial charge is 0.206 e. The van der Waals surface area contributed by atoms with Crippen LogP contribution in [-0.4, -0.2) is 32.0 Å². The van der Waals surface area contributed by atoms with E-state index in [9.17, 15) is 0 Å². The SMILES string of the molecule is CNC=O.CO/N=C(/C)c1cccc(C)c1CO/N=C(\C)c1cccc(C)c1. The molecular formula is C22H29N3O3. The monoisotopic (exact) mass is 383 g/mol. The quantitative estimate of drug-likeness (QED) is 0.447. The first kappa shape index (κ1) is 22.9. The molecular weight excluding hydrogens is 354 g/mol. The molecule has 6 heteroatoms. The summed E-state index contributed by atoms with van der Waals surface area (Å²) < 4.78 is 0. The summed E-state index contributed by atoms with van der Waals surface area (Å²) >= 11 is 0. The lowest BCUT2D eigenvalue weighted by Gasteiger charge is -2.11. The zero-order chi connectivity index (χ0) is 20.9. The van der Waals surface area contributed by atoms with Crippen molar-refractivity contribution in [3.05, 3.63) is 70.3 Å². The highest BCUT2D eigenvalue weighted by Crippen LogP contribution is 2.17. The predicted molar refractivity (Wildman–Crippen MR) is 114 cm³/mol. The summed E-state index contributed by atoms with van der Waals surface area (Å²) in [6.07, 6.45) is 0.625. The number of amides is 1. The van der Waals surface area contributed by atoms with Gasteiger partial charge in [0, 0.05) is 18.2 Å². The molecule has 28 heavy (non-hydrogen) atoms. The maximum absolute atomic E-state index is 9.06. The van der Waals surface area contributed by atoms with Crippen LogP contribution in [0.1, 0.15) is 41.7 Å². The van der Waals surface area contributed by atoms with Crippen LogP contribution < -0.4 is 5.32 Å². The first-order valence-electron chi connectivity index (χ1n) is 8.95. The van der Waals surface area contributed by atoms with Crippen molar-refractivity contribution in [1.29, 1.82) is 0 Å². The zero-order valence-electron chi connectivity index (χ0n) is 17.4. The minimum atomic E-state index is 0.391. The van der Waals surface area contributed by atoms with E-state index >= 15 is 0 Å². The number of rotatable bonds is 7. The largest absolute Gasteiger partial charge is 0.399 e. The standard InChI is InChI=1S/C20H24N2O2.C2H5NO/c1-14-8-6-10-18(12-14)16(3)22-24-13-20-15(2)9-7-11-19(20)17(4)21-23-5;1-3-2-4/h6-12H,13H2,1-5H3;2H,1H3,(H,3,4)/b21-17-,22-16+;. The van der Waals surface area contributed by atoms with E-state index < -0.39 is 0 Å². The first-order chi connectivity index (χ1) is 13.4. The van der Waals surface area contributed by atoms with Gasteiger partial charge < -0.3 is 15.0 Å². The Bertz CT molecular complexity index is 830. The van der Waals surface area contributed by atoms with E-state index in [-0.39, 0.29) is 0 Å². The third-order valence-corrected chi connectivity index (χ3v) is 3.99. The van der Waals surface area contributed by atoms with Gasteiger partial charge in [-0.1, -0.05) is 58.3 Å². The van der Waals surface area contributed by atoms with Crippen molar-refractivity contribution in [3.8, 4) is 0 Å². The van der Waals surface area contributed by atoms with E-state index in [2.05, 4.69) is 47.7 Å². The fraction of sp³-hybridized carbons (Fsp3) is 0.318. The zero-order valence-corrected chi connectivity index (χ0v) is 17.4. The molecule has 0 aliphatic heterocycles. The fourth-order valence-corrected chi connectivity index (χ4v) is 2.54. The summed E-state index contributed by atoms with van der Waals surface area (Å²) in [4.78, 5) is 19.6. The van der Waals surface area contributed by atoms with Crippen LogP contribution in [0, 0.1) is 13.8 Å². The minimum Gasteiger partial charge on any atom is -0.399 e. The van der Waals surface area contributed by atoms with E-state index in [1.165, 1.54) is 5.56 Å². The lowest BCUT2D eigenvalue weighted by Crippen LogP contribution is -2.05. The van der Waals surface area contributed by atoms with Gasteiger partial charge in [-0.3, -0.25) is 4.79 Å². The molecule has 0 spiro atoms. The maximum atomic E-state index is 9.06. The molecule has 2 rings (SSSR count). The summed E-state index contributed by atoms with van der Waals surface area (Å²) in [6, 6.07) is 14.3. The molecule has 0 saturated carbocycles. The minimum absolute atomic E-state index is 0.391. The number of hydrogen-bond donors (Lipinski definition) is 1. The number of aryl methyl sites for hydroxylation is 2. The number of nitrogens with zero attached hydrogens (tertiary/aromatic N) is 2. The van der Waals surface area contributed by atoms with Crippen molar-refractivity contribution in [2.45, 2.75) is 34.3 Å². The van der Waals surface area contributed by atoms with Gasteiger partial charge in [-0.15, -0.1) is 0 Å². The molecule has 2 aromatic carbocycles. The molecule has 6 nitrogen and oxygen atoms in total. The summed E-state index contributed by atoms with van der Waals surface area (Å²) in [5.41, 5.74) is 7.17. The second kappa shape index (κ2) is 12.3. The molecule has 1 amide bonds. The van der Waals surface area contributed by atoms with Crippen LogP contribution in [0.3, 0.4) is 0 Å². The van der Waals surface area contributed by atoms with Crippen LogP contribution in [0.5, 0.6) is 0 Å². The van der Waals surface area contributed by atoms with Crippen molar-refractivity contribution in [2.24, 2.45) is 10.3 Å². The first-order valence-corrected chi connectivity index (χ1v) is 8.95. The van der Waals surface area contributed by atoms with Gasteiger partial charge in [0.2, 0.25) is 6.41 Å². The summed E-state index contributed by atoms with van der Waals surface area (Å²) in [5.74, 6) is 0. The van der Waals surface area contributed by atoms with Gasteiger partial charge in [0.15, 0.2) is 0 Å². The Labute approximate surface area is 167 Å². The number of carbonyl (C=O) groups is 1. The average molecular weight is 383 g/mol. The van der Waals surface area contributed by atoms with Gasteiger partial charge >= 0.3 is 0 Å². The highest BCUT2D eigenvalue weighted by molar-refractivity contribution is 6.00. The van der Waals surface area contributed by atoms with E-state index in [1.807, 2.05) is 38.1 Å². The van der Waals surface area contributed by atoms with Crippen LogP contribution in [-0.2, 0) is 21.1 Å². The molecule has 0 fully saturated rings. The molecule has 150 valence electrons. The van der Waals surface area contributed by atoms with Gasteiger partial charge in [0.1, 0.15) is 13.7 Å². The average Bonchev–Trinajstić information content (AvgIpc) is 2.69. The molecule has 0 aliphatic rings.